The highest BCUT2D eigenvalue weighted by Crippen LogP contribution is 2.54. The van der Waals surface area contributed by atoms with Crippen molar-refractivity contribution in [2.45, 2.75) is 51.4 Å². The number of amides is 1. The molecule has 1 N–H and O–H groups in total. The van der Waals surface area contributed by atoms with E-state index in [2.05, 4.69) is 36.1 Å². The van der Waals surface area contributed by atoms with Crippen LogP contribution in [-0.2, 0) is 0 Å². The van der Waals surface area contributed by atoms with Crippen molar-refractivity contribution < 1.29 is 18.0 Å². The van der Waals surface area contributed by atoms with Crippen LogP contribution in [0.1, 0.15) is 54.6 Å². The Kier molecular flexibility index (Phi) is 5.98. The lowest BCUT2D eigenvalue weighted by Crippen LogP contribution is -2.40. The van der Waals surface area contributed by atoms with Gasteiger partial charge < -0.3 is 15.1 Å². The number of nitrogens with one attached hydrogen (secondary N) is 1. The van der Waals surface area contributed by atoms with Gasteiger partial charge in [0.25, 0.3) is 11.8 Å². The van der Waals surface area contributed by atoms with Gasteiger partial charge in [-0.1, -0.05) is 0 Å². The molecule has 1 aromatic carbocycles. The highest BCUT2D eigenvalue weighted by atomic mass is 79.9. The van der Waals surface area contributed by atoms with E-state index in [1.165, 1.54) is 18.9 Å². The average molecular weight is 538 g/mol. The molecule has 1 aliphatic carbocycles. The van der Waals surface area contributed by atoms with E-state index in [9.17, 15) is 18.0 Å². The summed E-state index contributed by atoms with van der Waals surface area (Å²) in [6.07, 6.45) is 4.17. The smallest absolute Gasteiger partial charge is 0.259 e. The molecule has 1 spiro atoms. The van der Waals surface area contributed by atoms with Crippen molar-refractivity contribution in [2.75, 3.05) is 41.3 Å². The molecule has 0 bridgehead atoms. The molecule has 1 aromatic heterocycles. The number of aromatic nitrogens is 2. The van der Waals surface area contributed by atoms with Crippen molar-refractivity contribution in [1.82, 2.24) is 9.97 Å². The number of carbonyl (C=O) groups is 1. The molecule has 2 aliphatic heterocycles. The normalized spacial score (nSPS) is 21.0. The van der Waals surface area contributed by atoms with Gasteiger partial charge in [0.15, 0.2) is 0 Å². The van der Waals surface area contributed by atoms with Gasteiger partial charge in [-0.3, -0.25) is 4.79 Å². The molecule has 2 saturated heterocycles. The SMILES string of the molecule is Cc1cc(NC(=O)c2cc(F)c(Br)cc2N2CCC3(CC2)CC3)nc(N2CCC(F)(F)CC2)n1. The first-order valence-electron chi connectivity index (χ1n) is 11.7. The van der Waals surface area contributed by atoms with Crippen LogP contribution in [0.5, 0.6) is 0 Å². The van der Waals surface area contributed by atoms with Crippen LogP contribution >= 0.6 is 15.9 Å². The summed E-state index contributed by atoms with van der Waals surface area (Å²) in [7, 11) is 0. The summed E-state index contributed by atoms with van der Waals surface area (Å²) in [5.41, 5.74) is 2.00. The minimum absolute atomic E-state index is 0.141. The Bertz CT molecular complexity index is 1100. The molecule has 10 heteroatoms. The second-order valence-electron chi connectivity index (χ2n) is 9.76. The summed E-state index contributed by atoms with van der Waals surface area (Å²) in [6, 6.07) is 4.53. The van der Waals surface area contributed by atoms with E-state index >= 15 is 0 Å². The van der Waals surface area contributed by atoms with Gasteiger partial charge in [-0.2, -0.15) is 4.98 Å². The number of hydrogen-bond donors (Lipinski definition) is 1. The Morgan fingerprint density at radius 2 is 1.62 bits per heavy atom. The van der Waals surface area contributed by atoms with Crippen LogP contribution in [0.3, 0.4) is 0 Å². The zero-order chi connectivity index (χ0) is 24.1. The lowest BCUT2D eigenvalue weighted by Gasteiger charge is -2.35. The van der Waals surface area contributed by atoms with E-state index in [-0.39, 0.29) is 37.3 Å². The highest BCUT2D eigenvalue weighted by molar-refractivity contribution is 9.10. The highest BCUT2D eigenvalue weighted by Gasteiger charge is 2.44. The number of alkyl halides is 2. The number of nitrogens with zero attached hydrogens (tertiary/aromatic N) is 4. The van der Waals surface area contributed by atoms with Crippen molar-refractivity contribution in [3.8, 4) is 0 Å². The molecule has 0 atom stereocenters. The Morgan fingerprint density at radius 1 is 0.971 bits per heavy atom. The summed E-state index contributed by atoms with van der Waals surface area (Å²) < 4.78 is 41.9. The third kappa shape index (κ3) is 4.87. The molecular weight excluding hydrogens is 511 g/mol. The maximum absolute atomic E-state index is 14.5. The van der Waals surface area contributed by atoms with Gasteiger partial charge in [-0.25, -0.2) is 18.2 Å². The minimum Gasteiger partial charge on any atom is -0.371 e. The van der Waals surface area contributed by atoms with Gasteiger partial charge in [0, 0.05) is 50.8 Å². The number of piperidine rings is 2. The van der Waals surface area contributed by atoms with Gasteiger partial charge in [-0.15, -0.1) is 0 Å². The molecule has 34 heavy (non-hydrogen) atoms. The maximum Gasteiger partial charge on any atom is 0.259 e. The predicted octanol–water partition coefficient (Wildman–Crippen LogP) is 5.55. The monoisotopic (exact) mass is 537 g/mol. The number of benzene rings is 1. The van der Waals surface area contributed by atoms with Crippen LogP contribution in [0.25, 0.3) is 0 Å². The van der Waals surface area contributed by atoms with Crippen molar-refractivity contribution in [3.05, 3.63) is 39.7 Å². The number of carbonyl (C=O) groups excluding carboxylic acids is 1. The zero-order valence-electron chi connectivity index (χ0n) is 19.0. The molecule has 3 heterocycles. The van der Waals surface area contributed by atoms with E-state index in [0.29, 0.717) is 27.2 Å². The molecule has 0 radical (unpaired) electrons. The van der Waals surface area contributed by atoms with Crippen LogP contribution in [0.4, 0.5) is 30.6 Å². The van der Waals surface area contributed by atoms with E-state index in [0.717, 1.165) is 25.9 Å². The number of hydrogen-bond acceptors (Lipinski definition) is 5. The van der Waals surface area contributed by atoms with E-state index in [4.69, 9.17) is 0 Å². The standard InChI is InChI=1S/C24H27BrF3N5O/c1-15-12-20(31-22(29-15)33-10-6-24(27,28)7-11-33)30-21(34)16-13-18(26)17(25)14-19(16)32-8-4-23(2-3-23)5-9-32/h12-14H,2-11H2,1H3,(H,29,30,31,34). The van der Waals surface area contributed by atoms with E-state index < -0.39 is 17.6 Å². The van der Waals surface area contributed by atoms with Gasteiger partial charge in [-0.05, 0) is 66.1 Å². The number of rotatable bonds is 4. The topological polar surface area (TPSA) is 61.4 Å². The van der Waals surface area contributed by atoms with Crippen molar-refractivity contribution in [1.29, 1.82) is 0 Å². The molecule has 1 amide bonds. The summed E-state index contributed by atoms with van der Waals surface area (Å²) >= 11 is 3.26. The molecule has 2 aromatic rings. The molecule has 0 unspecified atom stereocenters. The van der Waals surface area contributed by atoms with Crippen molar-refractivity contribution in [3.63, 3.8) is 0 Å². The number of halogens is 4. The Balaban J connectivity index is 1.37. The second-order valence-corrected chi connectivity index (χ2v) is 10.6. The van der Waals surface area contributed by atoms with Gasteiger partial charge in [0.2, 0.25) is 5.95 Å². The largest absolute Gasteiger partial charge is 0.371 e. The summed E-state index contributed by atoms with van der Waals surface area (Å²) in [5.74, 6) is -3.10. The van der Waals surface area contributed by atoms with E-state index in [1.807, 2.05) is 0 Å². The molecule has 1 saturated carbocycles. The zero-order valence-corrected chi connectivity index (χ0v) is 20.6. The lowest BCUT2D eigenvalue weighted by atomic mass is 9.93. The van der Waals surface area contributed by atoms with Crippen molar-refractivity contribution in [2.24, 2.45) is 5.41 Å². The van der Waals surface area contributed by atoms with Crippen LogP contribution in [0.2, 0.25) is 0 Å². The maximum atomic E-state index is 14.5. The fourth-order valence-corrected chi connectivity index (χ4v) is 5.19. The Morgan fingerprint density at radius 3 is 2.26 bits per heavy atom. The van der Waals surface area contributed by atoms with Crippen LogP contribution in [0, 0.1) is 18.2 Å². The third-order valence-corrected chi connectivity index (χ3v) is 7.87. The van der Waals surface area contributed by atoms with Gasteiger partial charge in [0.1, 0.15) is 11.6 Å². The quantitative estimate of drug-likeness (QED) is 0.553. The molecular formula is C24H27BrF3N5O. The molecule has 3 fully saturated rings. The van der Waals surface area contributed by atoms with Crippen LogP contribution in [0.15, 0.2) is 22.7 Å². The Labute approximate surface area is 205 Å². The van der Waals surface area contributed by atoms with Crippen LogP contribution < -0.4 is 15.1 Å². The summed E-state index contributed by atoms with van der Waals surface area (Å²) in [6.45, 7) is 3.69. The molecule has 5 rings (SSSR count). The first-order valence-corrected chi connectivity index (χ1v) is 12.5. The Hall–Kier alpha value is -2.36. The predicted molar refractivity (Wildman–Crippen MR) is 128 cm³/mol. The summed E-state index contributed by atoms with van der Waals surface area (Å²) in [4.78, 5) is 25.9. The third-order valence-electron chi connectivity index (χ3n) is 7.27. The first kappa shape index (κ1) is 23.4. The minimum atomic E-state index is -2.67. The number of aryl methyl sites for hydroxylation is 1. The first-order chi connectivity index (χ1) is 16.1. The average Bonchev–Trinajstić information content (AvgIpc) is 3.54. The van der Waals surface area contributed by atoms with E-state index in [1.54, 1.807) is 24.0 Å². The fraction of sp³-hybridized carbons (Fsp3) is 0.542. The van der Waals surface area contributed by atoms with Crippen LogP contribution in [-0.4, -0.2) is 48.0 Å². The summed E-state index contributed by atoms with van der Waals surface area (Å²) in [5, 5.41) is 2.78. The molecule has 3 aliphatic rings. The van der Waals surface area contributed by atoms with Gasteiger partial charge in [0.05, 0.1) is 15.7 Å². The molecule has 6 nitrogen and oxygen atoms in total. The fourth-order valence-electron chi connectivity index (χ4n) is 4.85. The van der Waals surface area contributed by atoms with Gasteiger partial charge >= 0.3 is 0 Å². The lowest BCUT2D eigenvalue weighted by molar-refractivity contribution is -0.0222. The number of anilines is 3. The van der Waals surface area contributed by atoms with Crippen molar-refractivity contribution >= 4 is 39.3 Å². The molecule has 182 valence electrons. The second kappa shape index (κ2) is 8.70.